The molecule has 2 N–H and O–H groups in total. The first-order valence-electron chi connectivity index (χ1n) is 11.1. The fourth-order valence-corrected chi connectivity index (χ4v) is 4.66. The van der Waals surface area contributed by atoms with E-state index in [1.165, 1.54) is 10.9 Å². The second kappa shape index (κ2) is 9.03. The zero-order valence-corrected chi connectivity index (χ0v) is 18.8. The monoisotopic (exact) mass is 478 g/mol. The molecule has 0 radical (unpaired) electrons. The number of halogens is 3. The van der Waals surface area contributed by atoms with Crippen molar-refractivity contribution in [3.63, 3.8) is 0 Å². The fraction of sp³-hybridized carbons (Fsp3) is 0.435. The number of hydrogen-bond donors (Lipinski definition) is 2. The van der Waals surface area contributed by atoms with Gasteiger partial charge in [0.1, 0.15) is 29.2 Å². The van der Waals surface area contributed by atoms with Crippen LogP contribution < -0.4 is 15.8 Å². The van der Waals surface area contributed by atoms with Gasteiger partial charge in [-0.05, 0) is 32.1 Å². The molecule has 0 bridgehead atoms. The number of rotatable bonds is 4. The first-order valence-corrected chi connectivity index (χ1v) is 11.1. The molecule has 3 heterocycles. The summed E-state index contributed by atoms with van der Waals surface area (Å²) < 4.78 is 42.3. The summed E-state index contributed by atoms with van der Waals surface area (Å²) in [7, 11) is 0. The molecule has 1 saturated heterocycles. The zero-order chi connectivity index (χ0) is 24.7. The first-order chi connectivity index (χ1) is 16.1. The minimum atomic E-state index is -1.19. The van der Waals surface area contributed by atoms with Crippen LogP contribution in [-0.2, 0) is 6.54 Å². The molecule has 2 aromatic rings. The molecule has 4 rings (SSSR count). The highest BCUT2D eigenvalue weighted by molar-refractivity contribution is 5.99. The molecule has 8 nitrogen and oxygen atoms in total. The number of hydrogen-bond acceptors (Lipinski definition) is 5. The molecule has 1 aromatic carbocycles. The summed E-state index contributed by atoms with van der Waals surface area (Å²) in [6.07, 6.45) is 3.37. The average molecular weight is 478 g/mol. The van der Waals surface area contributed by atoms with Gasteiger partial charge in [-0.15, -0.1) is 0 Å². The Bertz CT molecular complexity index is 1190. The maximum Gasteiger partial charge on any atom is 0.278 e. The third-order valence-electron chi connectivity index (χ3n) is 6.38. The van der Waals surface area contributed by atoms with Gasteiger partial charge in [0.05, 0.1) is 0 Å². The van der Waals surface area contributed by atoms with Crippen molar-refractivity contribution in [3.05, 3.63) is 62.8 Å². The molecule has 0 unspecified atom stereocenters. The smallest absolute Gasteiger partial charge is 0.278 e. The first kappa shape index (κ1) is 23.7. The van der Waals surface area contributed by atoms with Crippen molar-refractivity contribution < 1.29 is 27.9 Å². The van der Waals surface area contributed by atoms with Gasteiger partial charge in [0.15, 0.2) is 11.4 Å². The molecule has 1 fully saturated rings. The Balaban J connectivity index is 1.73. The highest BCUT2D eigenvalue weighted by Gasteiger charge is 2.41. The molecule has 2 aliphatic rings. The second-order valence-corrected chi connectivity index (χ2v) is 8.67. The lowest BCUT2D eigenvalue weighted by Crippen LogP contribution is -2.61. The van der Waals surface area contributed by atoms with Crippen LogP contribution >= 0.6 is 0 Å². The van der Waals surface area contributed by atoms with Crippen LogP contribution in [0.1, 0.15) is 59.5 Å². The number of aromatic hydroxyl groups is 1. The van der Waals surface area contributed by atoms with Crippen molar-refractivity contribution in [2.75, 3.05) is 18.1 Å². The Kier molecular flexibility index (Phi) is 6.28. The van der Waals surface area contributed by atoms with E-state index < -0.39 is 58.1 Å². The minimum Gasteiger partial charge on any atom is -0.502 e. The van der Waals surface area contributed by atoms with Gasteiger partial charge in [-0.2, -0.15) is 0 Å². The van der Waals surface area contributed by atoms with Crippen LogP contribution in [0.15, 0.2) is 23.1 Å². The average Bonchev–Trinajstić information content (AvgIpc) is 2.96. The normalized spacial score (nSPS) is 20.0. The summed E-state index contributed by atoms with van der Waals surface area (Å²) in [5, 5.41) is 14.7. The molecule has 2 atom stereocenters. The topological polar surface area (TPSA) is 94.9 Å². The largest absolute Gasteiger partial charge is 0.502 e. The summed E-state index contributed by atoms with van der Waals surface area (Å²) in [6, 6.07) is 0.964. The summed E-state index contributed by atoms with van der Waals surface area (Å²) in [6.45, 7) is 4.11. The van der Waals surface area contributed by atoms with Crippen LogP contribution in [0.2, 0.25) is 0 Å². The number of aromatic nitrogens is 1. The van der Waals surface area contributed by atoms with E-state index in [1.54, 1.807) is 4.90 Å². The van der Waals surface area contributed by atoms with E-state index in [-0.39, 0.29) is 17.8 Å². The standard InChI is InChI=1S/C23H25F3N4O4/c1-3-28-18-6-4-5-12(2)10-29(18)30-11-15(20(31)21(32)19(30)23(28)34)22(33)27-9-14-16(25)7-13(24)8-17(14)26/h7-8,11-12,18,32H,3-6,9-10H2,1-2H3,(H,27,33)/t12-,18-/m0/s1. The van der Waals surface area contributed by atoms with Crippen LogP contribution in [0.25, 0.3) is 0 Å². The molecular weight excluding hydrogens is 453 g/mol. The van der Waals surface area contributed by atoms with Gasteiger partial charge in [0.25, 0.3) is 11.8 Å². The van der Waals surface area contributed by atoms with Crippen molar-refractivity contribution >= 4 is 11.8 Å². The minimum absolute atomic E-state index is 0.232. The lowest BCUT2D eigenvalue weighted by atomic mass is 10.1. The van der Waals surface area contributed by atoms with Crippen molar-refractivity contribution in [3.8, 4) is 5.75 Å². The molecule has 1 aromatic heterocycles. The van der Waals surface area contributed by atoms with Crippen LogP contribution in [-0.4, -0.2) is 45.8 Å². The number of benzene rings is 1. The maximum atomic E-state index is 13.9. The number of amides is 2. The van der Waals surface area contributed by atoms with Crippen LogP contribution in [0.5, 0.6) is 5.75 Å². The number of pyridine rings is 1. The third kappa shape index (κ3) is 3.99. The third-order valence-corrected chi connectivity index (χ3v) is 6.38. The number of nitrogens with one attached hydrogen (secondary N) is 1. The Morgan fingerprint density at radius 2 is 1.85 bits per heavy atom. The highest BCUT2D eigenvalue weighted by Crippen LogP contribution is 2.30. The Morgan fingerprint density at radius 3 is 2.50 bits per heavy atom. The predicted octanol–water partition coefficient (Wildman–Crippen LogP) is 2.46. The molecule has 2 aliphatic heterocycles. The van der Waals surface area contributed by atoms with Crippen molar-refractivity contribution in [1.82, 2.24) is 14.9 Å². The molecular formula is C23H25F3N4O4. The number of carbonyl (C=O) groups is 2. The second-order valence-electron chi connectivity index (χ2n) is 8.67. The van der Waals surface area contributed by atoms with Crippen LogP contribution in [0, 0.1) is 23.4 Å². The van der Waals surface area contributed by atoms with E-state index in [0.29, 0.717) is 31.6 Å². The zero-order valence-electron chi connectivity index (χ0n) is 18.8. The molecule has 11 heteroatoms. The Labute approximate surface area is 193 Å². The Morgan fingerprint density at radius 1 is 1.18 bits per heavy atom. The van der Waals surface area contributed by atoms with Gasteiger partial charge >= 0.3 is 0 Å². The summed E-state index contributed by atoms with van der Waals surface area (Å²) in [4.78, 5) is 40.3. The SMILES string of the molecule is CCN1C(=O)c2c(O)c(=O)c(C(=O)NCc3c(F)cc(F)cc3F)cn2N2C[C@@H](C)CCC[C@@H]12. The van der Waals surface area contributed by atoms with Crippen molar-refractivity contribution in [2.24, 2.45) is 5.92 Å². The van der Waals surface area contributed by atoms with E-state index >= 15 is 0 Å². The quantitative estimate of drug-likeness (QED) is 0.704. The fourth-order valence-electron chi connectivity index (χ4n) is 4.66. The lowest BCUT2D eigenvalue weighted by Gasteiger charge is -2.46. The van der Waals surface area contributed by atoms with Gasteiger partial charge < -0.3 is 15.3 Å². The van der Waals surface area contributed by atoms with E-state index in [9.17, 15) is 32.7 Å². The molecule has 182 valence electrons. The summed E-state index contributed by atoms with van der Waals surface area (Å²) in [5.41, 5.74) is -2.37. The van der Waals surface area contributed by atoms with Gasteiger partial charge in [-0.1, -0.05) is 6.92 Å². The van der Waals surface area contributed by atoms with Gasteiger partial charge in [0.2, 0.25) is 5.43 Å². The molecule has 2 amide bonds. The maximum absolute atomic E-state index is 13.9. The number of nitrogens with zero attached hydrogens (tertiary/aromatic N) is 3. The van der Waals surface area contributed by atoms with Gasteiger partial charge in [-0.3, -0.25) is 24.1 Å². The van der Waals surface area contributed by atoms with Gasteiger partial charge in [-0.25, -0.2) is 13.2 Å². The van der Waals surface area contributed by atoms with Crippen LogP contribution in [0.4, 0.5) is 13.2 Å². The predicted molar refractivity (Wildman–Crippen MR) is 116 cm³/mol. The highest BCUT2D eigenvalue weighted by atomic mass is 19.1. The summed E-state index contributed by atoms with van der Waals surface area (Å²) >= 11 is 0. The number of carbonyl (C=O) groups excluding carboxylic acids is 2. The van der Waals surface area contributed by atoms with E-state index in [4.69, 9.17) is 0 Å². The van der Waals surface area contributed by atoms with Crippen LogP contribution in [0.3, 0.4) is 0 Å². The summed E-state index contributed by atoms with van der Waals surface area (Å²) in [5.74, 6) is -5.60. The molecule has 0 spiro atoms. The van der Waals surface area contributed by atoms with Crippen molar-refractivity contribution in [2.45, 2.75) is 45.8 Å². The van der Waals surface area contributed by atoms with Crippen molar-refractivity contribution in [1.29, 1.82) is 0 Å². The number of fused-ring (bicyclic) bond motifs is 3. The molecule has 0 aliphatic carbocycles. The molecule has 0 saturated carbocycles. The van der Waals surface area contributed by atoms with E-state index in [1.807, 2.05) is 11.9 Å². The lowest BCUT2D eigenvalue weighted by molar-refractivity contribution is 0.0570. The molecule has 34 heavy (non-hydrogen) atoms. The van der Waals surface area contributed by atoms with E-state index in [0.717, 1.165) is 12.8 Å². The van der Waals surface area contributed by atoms with E-state index in [2.05, 4.69) is 12.2 Å². The van der Waals surface area contributed by atoms with Gasteiger partial charge in [0, 0.05) is 43.5 Å². The Hall–Kier alpha value is -3.50.